The first kappa shape index (κ1) is 25.9. The molecule has 0 radical (unpaired) electrons. The van der Waals surface area contributed by atoms with Crippen LogP contribution >= 0.6 is 11.6 Å². The molecule has 0 aliphatic carbocycles. The minimum atomic E-state index is -4.50. The molecule has 1 unspecified atom stereocenters. The van der Waals surface area contributed by atoms with Crippen molar-refractivity contribution in [2.45, 2.75) is 45.8 Å². The Hall–Kier alpha value is -2.68. The number of benzene rings is 1. The fourth-order valence-corrected chi connectivity index (χ4v) is 4.21. The highest BCUT2D eigenvalue weighted by molar-refractivity contribution is 6.33. The third-order valence-electron chi connectivity index (χ3n) is 5.74. The molecule has 6 nitrogen and oxygen atoms in total. The SMILES string of the molecule is CCOc1ccc(C(C)NC(=O)C2CCN(c3ncc(C(F)(F)F)cc3Cl)CC2)cc1OCC. The number of nitrogens with zero attached hydrogens (tertiary/aromatic N) is 2. The second-order valence-electron chi connectivity index (χ2n) is 8.09. The van der Waals surface area contributed by atoms with Crippen molar-refractivity contribution in [3.63, 3.8) is 0 Å². The Morgan fingerprint density at radius 2 is 1.82 bits per heavy atom. The van der Waals surface area contributed by atoms with E-state index < -0.39 is 11.7 Å². The lowest BCUT2D eigenvalue weighted by Gasteiger charge is -2.33. The van der Waals surface area contributed by atoms with Gasteiger partial charge in [-0.1, -0.05) is 17.7 Å². The van der Waals surface area contributed by atoms with E-state index in [0.717, 1.165) is 17.8 Å². The Morgan fingerprint density at radius 1 is 1.18 bits per heavy atom. The molecule has 1 aromatic heterocycles. The minimum absolute atomic E-state index is 0.0491. The van der Waals surface area contributed by atoms with Crippen molar-refractivity contribution in [3.05, 3.63) is 46.6 Å². The van der Waals surface area contributed by atoms with E-state index in [9.17, 15) is 18.0 Å². The van der Waals surface area contributed by atoms with Gasteiger partial charge in [0.25, 0.3) is 0 Å². The first-order valence-corrected chi connectivity index (χ1v) is 11.7. The zero-order valence-electron chi connectivity index (χ0n) is 19.4. The van der Waals surface area contributed by atoms with Gasteiger partial charge in [0.15, 0.2) is 11.5 Å². The fourth-order valence-electron chi connectivity index (χ4n) is 3.92. The van der Waals surface area contributed by atoms with E-state index in [4.69, 9.17) is 21.1 Å². The maximum absolute atomic E-state index is 12.9. The summed E-state index contributed by atoms with van der Waals surface area (Å²) in [7, 11) is 0. The van der Waals surface area contributed by atoms with Gasteiger partial charge < -0.3 is 19.7 Å². The molecule has 2 heterocycles. The number of carbonyl (C=O) groups is 1. The van der Waals surface area contributed by atoms with Crippen molar-refractivity contribution in [2.24, 2.45) is 5.92 Å². The van der Waals surface area contributed by atoms with Crippen molar-refractivity contribution < 1.29 is 27.4 Å². The van der Waals surface area contributed by atoms with Crippen molar-refractivity contribution in [1.29, 1.82) is 0 Å². The number of anilines is 1. The smallest absolute Gasteiger partial charge is 0.417 e. The summed E-state index contributed by atoms with van der Waals surface area (Å²) in [6.07, 6.45) is -2.62. The van der Waals surface area contributed by atoms with E-state index in [0.29, 0.717) is 56.5 Å². The average Bonchev–Trinajstić information content (AvgIpc) is 2.80. The van der Waals surface area contributed by atoms with Gasteiger partial charge in [0.05, 0.1) is 29.8 Å². The average molecular weight is 500 g/mol. The van der Waals surface area contributed by atoms with E-state index in [1.165, 1.54) is 0 Å². The van der Waals surface area contributed by atoms with Gasteiger partial charge >= 0.3 is 6.18 Å². The van der Waals surface area contributed by atoms with Gasteiger partial charge in [0.1, 0.15) is 5.82 Å². The summed E-state index contributed by atoms with van der Waals surface area (Å²) in [6, 6.07) is 6.27. The number of ether oxygens (including phenoxy) is 2. The number of aromatic nitrogens is 1. The van der Waals surface area contributed by atoms with Crippen LogP contribution in [0.5, 0.6) is 11.5 Å². The van der Waals surface area contributed by atoms with Crippen LogP contribution in [0.2, 0.25) is 5.02 Å². The van der Waals surface area contributed by atoms with Crippen molar-refractivity contribution in [1.82, 2.24) is 10.3 Å². The number of halogens is 4. The maximum Gasteiger partial charge on any atom is 0.417 e. The molecule has 34 heavy (non-hydrogen) atoms. The Labute approximate surface area is 202 Å². The predicted molar refractivity (Wildman–Crippen MR) is 125 cm³/mol. The van der Waals surface area contributed by atoms with E-state index in [1.54, 1.807) is 0 Å². The molecule has 1 atom stereocenters. The number of hydrogen-bond acceptors (Lipinski definition) is 5. The highest BCUT2D eigenvalue weighted by Crippen LogP contribution is 2.35. The van der Waals surface area contributed by atoms with Gasteiger partial charge in [-0.05, 0) is 57.4 Å². The molecule has 1 N–H and O–H groups in total. The molecule has 1 aromatic carbocycles. The Morgan fingerprint density at radius 3 is 2.41 bits per heavy atom. The number of carbonyl (C=O) groups excluding carboxylic acids is 1. The van der Waals surface area contributed by atoms with Crippen molar-refractivity contribution in [2.75, 3.05) is 31.2 Å². The highest BCUT2D eigenvalue weighted by atomic mass is 35.5. The molecular weight excluding hydrogens is 471 g/mol. The number of pyridine rings is 1. The topological polar surface area (TPSA) is 63.7 Å². The van der Waals surface area contributed by atoms with Crippen LogP contribution < -0.4 is 19.7 Å². The van der Waals surface area contributed by atoms with Crippen LogP contribution in [0.1, 0.15) is 50.8 Å². The molecule has 2 aromatic rings. The number of rotatable bonds is 8. The first-order valence-electron chi connectivity index (χ1n) is 11.3. The third-order valence-corrected chi connectivity index (χ3v) is 6.02. The fraction of sp³-hybridized carbons (Fsp3) is 0.500. The van der Waals surface area contributed by atoms with E-state index in [1.807, 2.05) is 43.9 Å². The number of alkyl halides is 3. The number of piperidine rings is 1. The molecule has 186 valence electrons. The van der Waals surface area contributed by atoms with Crippen LogP contribution in [0.4, 0.5) is 19.0 Å². The van der Waals surface area contributed by atoms with Gasteiger partial charge in [-0.3, -0.25) is 4.79 Å². The van der Waals surface area contributed by atoms with Crippen LogP contribution in [0.15, 0.2) is 30.5 Å². The van der Waals surface area contributed by atoms with Crippen molar-refractivity contribution in [3.8, 4) is 11.5 Å². The molecule has 0 bridgehead atoms. The summed E-state index contributed by atoms with van der Waals surface area (Å²) in [5, 5.41) is 3.01. The van der Waals surface area contributed by atoms with Crippen LogP contribution in [0.25, 0.3) is 0 Å². The molecule has 1 aliphatic rings. The van der Waals surface area contributed by atoms with Crippen LogP contribution in [0, 0.1) is 5.92 Å². The summed E-state index contributed by atoms with van der Waals surface area (Å²) in [4.78, 5) is 18.6. The van der Waals surface area contributed by atoms with Gasteiger partial charge in [-0.2, -0.15) is 13.2 Å². The van der Waals surface area contributed by atoms with Gasteiger partial charge in [-0.25, -0.2) is 4.98 Å². The molecule has 1 aliphatic heterocycles. The monoisotopic (exact) mass is 499 g/mol. The van der Waals surface area contributed by atoms with Gasteiger partial charge in [0, 0.05) is 25.2 Å². The second-order valence-corrected chi connectivity index (χ2v) is 8.50. The Kier molecular flexibility index (Phi) is 8.52. The Bertz CT molecular complexity index is 995. The standard InChI is InChI=1S/C24H29ClF3N3O3/c1-4-33-20-7-6-17(12-21(20)34-5-2)15(3)30-23(32)16-8-10-31(11-9-16)22-19(25)13-18(14-29-22)24(26,27)28/h6-7,12-16H,4-5,8-11H2,1-3H3,(H,30,32). The van der Waals surface area contributed by atoms with Crippen molar-refractivity contribution >= 4 is 23.3 Å². The predicted octanol–water partition coefficient (Wildman–Crippen LogP) is 5.65. The molecule has 3 rings (SSSR count). The second kappa shape index (κ2) is 11.2. The van der Waals surface area contributed by atoms with Crippen LogP contribution in [-0.2, 0) is 11.0 Å². The Balaban J connectivity index is 1.59. The maximum atomic E-state index is 12.9. The first-order chi connectivity index (χ1) is 16.1. The lowest BCUT2D eigenvalue weighted by Crippen LogP contribution is -2.41. The molecule has 0 saturated carbocycles. The highest BCUT2D eigenvalue weighted by Gasteiger charge is 2.33. The number of amides is 1. The summed E-state index contributed by atoms with van der Waals surface area (Å²) in [6.45, 7) is 7.68. The van der Waals surface area contributed by atoms with E-state index in [-0.39, 0.29) is 22.9 Å². The molecular formula is C24H29ClF3N3O3. The zero-order valence-corrected chi connectivity index (χ0v) is 20.2. The lowest BCUT2D eigenvalue weighted by molar-refractivity contribution is -0.137. The van der Waals surface area contributed by atoms with Gasteiger partial charge in [0.2, 0.25) is 5.91 Å². The summed E-state index contributed by atoms with van der Waals surface area (Å²) < 4.78 is 49.8. The largest absolute Gasteiger partial charge is 0.490 e. The quantitative estimate of drug-likeness (QED) is 0.509. The molecule has 0 spiro atoms. The van der Waals surface area contributed by atoms with Crippen LogP contribution in [-0.4, -0.2) is 37.2 Å². The minimum Gasteiger partial charge on any atom is -0.490 e. The van der Waals surface area contributed by atoms with E-state index in [2.05, 4.69) is 10.3 Å². The number of nitrogens with one attached hydrogen (secondary N) is 1. The normalized spacial score (nSPS) is 15.7. The van der Waals surface area contributed by atoms with Crippen LogP contribution in [0.3, 0.4) is 0 Å². The third kappa shape index (κ3) is 6.25. The van der Waals surface area contributed by atoms with E-state index >= 15 is 0 Å². The van der Waals surface area contributed by atoms with Gasteiger partial charge in [-0.15, -0.1) is 0 Å². The summed E-state index contributed by atoms with van der Waals surface area (Å²) in [5.41, 5.74) is 0.0183. The molecule has 1 saturated heterocycles. The molecule has 10 heteroatoms. The summed E-state index contributed by atoms with van der Waals surface area (Å²) >= 11 is 6.07. The number of hydrogen-bond donors (Lipinski definition) is 1. The molecule has 1 amide bonds. The summed E-state index contributed by atoms with van der Waals surface area (Å²) in [5.74, 6) is 1.33. The molecule has 1 fully saturated rings. The lowest BCUT2D eigenvalue weighted by atomic mass is 9.95. The zero-order chi connectivity index (χ0) is 24.9.